The third-order valence-electron chi connectivity index (χ3n) is 8.65. The van der Waals surface area contributed by atoms with E-state index in [0.29, 0.717) is 19.4 Å². The van der Waals surface area contributed by atoms with Gasteiger partial charge in [0, 0.05) is 30.0 Å². The topological polar surface area (TPSA) is 78.9 Å². The number of allylic oxidation sites excluding steroid dienone is 4. The number of rotatable bonds is 11. The maximum Gasteiger partial charge on any atom is 0.326 e. The van der Waals surface area contributed by atoms with Gasteiger partial charge in [0.25, 0.3) is 0 Å². The molecule has 1 heterocycles. The van der Waals surface area contributed by atoms with E-state index in [1.165, 1.54) is 5.56 Å². The fourth-order valence-corrected chi connectivity index (χ4v) is 6.45. The number of carboxylic acids is 1. The van der Waals surface area contributed by atoms with Crippen LogP contribution in [0.5, 0.6) is 5.75 Å². The Morgan fingerprint density at radius 3 is 2.07 bits per heavy atom. The van der Waals surface area contributed by atoms with Crippen LogP contribution in [-0.4, -0.2) is 41.1 Å². The molecular formula is C37H52N2O4. The van der Waals surface area contributed by atoms with Crippen molar-refractivity contribution in [3.63, 3.8) is 0 Å². The van der Waals surface area contributed by atoms with Crippen LogP contribution >= 0.6 is 0 Å². The number of hydrogen-bond donors (Lipinski definition) is 2. The third kappa shape index (κ3) is 7.97. The minimum atomic E-state index is -0.989. The summed E-state index contributed by atoms with van der Waals surface area (Å²) >= 11 is 0. The first-order valence-electron chi connectivity index (χ1n) is 15.5. The van der Waals surface area contributed by atoms with Gasteiger partial charge >= 0.3 is 5.97 Å². The quantitative estimate of drug-likeness (QED) is 0.263. The standard InChI is InChI=1S/C37H52N2O4/c1-10-12-17-26(18-13-11-2)34(40)39-32(25-19-15-14-16-20-25)31(30(37(6,7)8)33(39)35(41)42)38-24-27-23-28(36(3,4)5)21-22-29(27)43-9/h10-16,19-23,26,30-33,38H,17-18,24H2,1-9H3,(H,41,42)/b12-10+,13-11+/t30-,31-,32-,33-/m0/s1. The summed E-state index contributed by atoms with van der Waals surface area (Å²) in [5, 5.41) is 14.6. The zero-order chi connectivity index (χ0) is 31.9. The molecule has 6 nitrogen and oxygen atoms in total. The Balaban J connectivity index is 2.19. The first-order chi connectivity index (χ1) is 20.3. The lowest BCUT2D eigenvalue weighted by Crippen LogP contribution is -2.49. The molecule has 234 valence electrons. The van der Waals surface area contributed by atoms with Crippen LogP contribution in [0.4, 0.5) is 0 Å². The lowest BCUT2D eigenvalue weighted by Gasteiger charge is -2.35. The Labute approximate surface area is 259 Å². The van der Waals surface area contributed by atoms with Crippen LogP contribution in [-0.2, 0) is 21.5 Å². The molecule has 0 radical (unpaired) electrons. The molecule has 2 N–H and O–H groups in total. The summed E-state index contributed by atoms with van der Waals surface area (Å²) in [7, 11) is 1.67. The van der Waals surface area contributed by atoms with Crippen LogP contribution in [0.25, 0.3) is 0 Å². The van der Waals surface area contributed by atoms with Crippen molar-refractivity contribution >= 4 is 11.9 Å². The number of benzene rings is 2. The van der Waals surface area contributed by atoms with Crippen LogP contribution in [0, 0.1) is 17.3 Å². The Morgan fingerprint density at radius 2 is 1.58 bits per heavy atom. The molecule has 0 aliphatic carbocycles. The maximum atomic E-state index is 14.6. The monoisotopic (exact) mass is 588 g/mol. The molecule has 2 aromatic rings. The van der Waals surface area contributed by atoms with Crippen LogP contribution < -0.4 is 10.1 Å². The molecule has 6 heteroatoms. The van der Waals surface area contributed by atoms with Gasteiger partial charge in [0.1, 0.15) is 11.8 Å². The van der Waals surface area contributed by atoms with E-state index in [-0.39, 0.29) is 29.2 Å². The summed E-state index contributed by atoms with van der Waals surface area (Å²) in [6.07, 6.45) is 9.01. The van der Waals surface area contributed by atoms with Crippen molar-refractivity contribution in [3.8, 4) is 5.75 Å². The van der Waals surface area contributed by atoms with Crippen LogP contribution in [0.1, 0.15) is 91.0 Å². The van der Waals surface area contributed by atoms with E-state index in [4.69, 9.17) is 4.74 Å². The molecule has 1 aliphatic rings. The van der Waals surface area contributed by atoms with Crippen molar-refractivity contribution in [3.05, 3.63) is 89.5 Å². The molecule has 1 aliphatic heterocycles. The number of carbonyl (C=O) groups excluding carboxylic acids is 1. The minimum Gasteiger partial charge on any atom is -0.496 e. The van der Waals surface area contributed by atoms with Gasteiger partial charge in [-0.1, -0.05) is 108 Å². The molecule has 0 spiro atoms. The molecule has 2 aromatic carbocycles. The fourth-order valence-electron chi connectivity index (χ4n) is 6.45. The molecule has 0 saturated carbocycles. The molecule has 0 bridgehead atoms. The number of nitrogens with one attached hydrogen (secondary N) is 1. The van der Waals surface area contributed by atoms with Gasteiger partial charge in [-0.2, -0.15) is 0 Å². The Bertz CT molecular complexity index is 1270. The van der Waals surface area contributed by atoms with Crippen molar-refractivity contribution in [1.82, 2.24) is 10.2 Å². The average Bonchev–Trinajstić information content (AvgIpc) is 3.32. The number of methoxy groups -OCH3 is 1. The third-order valence-corrected chi connectivity index (χ3v) is 8.65. The highest BCUT2D eigenvalue weighted by Gasteiger charge is 2.58. The fraction of sp³-hybridized carbons (Fsp3) is 0.514. The minimum absolute atomic E-state index is 0.0403. The number of carbonyl (C=O) groups is 2. The van der Waals surface area contributed by atoms with E-state index >= 15 is 0 Å². The molecule has 1 amide bonds. The second-order valence-electron chi connectivity index (χ2n) is 13.8. The SMILES string of the molecule is C/C=C/CC(C/C=C/C)C(=O)N1[C@H](C(=O)O)[C@@H](C(C)(C)C)[C@H](NCc2cc(C(C)(C)C)ccc2OC)[C@@H]1c1ccccc1. The second-order valence-corrected chi connectivity index (χ2v) is 13.8. The molecule has 4 atom stereocenters. The van der Waals surface area contributed by atoms with Gasteiger partial charge in [0.2, 0.25) is 5.91 Å². The van der Waals surface area contributed by atoms with Crippen molar-refractivity contribution in [1.29, 1.82) is 0 Å². The second kappa shape index (κ2) is 14.4. The van der Waals surface area contributed by atoms with Crippen molar-refractivity contribution in [2.24, 2.45) is 17.3 Å². The van der Waals surface area contributed by atoms with Crippen molar-refractivity contribution in [2.45, 2.75) is 98.3 Å². The van der Waals surface area contributed by atoms with Crippen LogP contribution in [0.15, 0.2) is 72.8 Å². The molecule has 43 heavy (non-hydrogen) atoms. The van der Waals surface area contributed by atoms with Gasteiger partial charge < -0.3 is 20.1 Å². The Hall–Kier alpha value is -3.38. The highest BCUT2D eigenvalue weighted by Crippen LogP contribution is 2.49. The van der Waals surface area contributed by atoms with E-state index in [1.54, 1.807) is 12.0 Å². The number of amides is 1. The first-order valence-corrected chi connectivity index (χ1v) is 15.5. The number of nitrogens with zero attached hydrogens (tertiary/aromatic N) is 1. The first kappa shape index (κ1) is 34.1. The summed E-state index contributed by atoms with van der Waals surface area (Å²) in [6.45, 7) is 17.1. The lowest BCUT2D eigenvalue weighted by atomic mass is 9.72. The summed E-state index contributed by atoms with van der Waals surface area (Å²) in [4.78, 5) is 29.5. The average molecular weight is 589 g/mol. The van der Waals surface area contributed by atoms with Gasteiger partial charge in [-0.05, 0) is 54.7 Å². The molecule has 0 unspecified atom stereocenters. The predicted octanol–water partition coefficient (Wildman–Crippen LogP) is 7.70. The Kier molecular flexibility index (Phi) is 11.4. The van der Waals surface area contributed by atoms with Gasteiger partial charge in [-0.3, -0.25) is 4.79 Å². The molecule has 1 fully saturated rings. The molecular weight excluding hydrogens is 536 g/mol. The summed E-state index contributed by atoms with van der Waals surface area (Å²) in [5.41, 5.74) is 2.67. The highest BCUT2D eigenvalue weighted by molar-refractivity contribution is 5.87. The van der Waals surface area contributed by atoms with Crippen molar-refractivity contribution < 1.29 is 19.4 Å². The van der Waals surface area contributed by atoms with E-state index < -0.39 is 23.5 Å². The number of aliphatic carboxylic acids is 1. The number of carboxylic acid groups (broad SMARTS) is 1. The van der Waals surface area contributed by atoms with E-state index in [0.717, 1.165) is 16.9 Å². The van der Waals surface area contributed by atoms with E-state index in [2.05, 4.69) is 59.0 Å². The zero-order valence-electron chi connectivity index (χ0n) is 27.6. The number of hydrogen-bond acceptors (Lipinski definition) is 4. The van der Waals surface area contributed by atoms with E-state index in [9.17, 15) is 14.7 Å². The highest BCUT2D eigenvalue weighted by atomic mass is 16.5. The maximum absolute atomic E-state index is 14.6. The van der Waals surface area contributed by atoms with Gasteiger partial charge in [0.15, 0.2) is 0 Å². The zero-order valence-corrected chi connectivity index (χ0v) is 27.6. The molecule has 3 rings (SSSR count). The van der Waals surface area contributed by atoms with Gasteiger partial charge in [-0.25, -0.2) is 4.79 Å². The summed E-state index contributed by atoms with van der Waals surface area (Å²) in [6, 6.07) is 14.4. The molecule has 0 aromatic heterocycles. The number of likely N-dealkylation sites (tertiary alicyclic amines) is 1. The van der Waals surface area contributed by atoms with Crippen LogP contribution in [0.3, 0.4) is 0 Å². The Morgan fingerprint density at radius 1 is 0.977 bits per heavy atom. The molecule has 1 saturated heterocycles. The summed E-state index contributed by atoms with van der Waals surface area (Å²) < 4.78 is 5.75. The smallest absolute Gasteiger partial charge is 0.326 e. The van der Waals surface area contributed by atoms with Gasteiger partial charge in [-0.15, -0.1) is 0 Å². The lowest BCUT2D eigenvalue weighted by molar-refractivity contribution is -0.154. The van der Waals surface area contributed by atoms with E-state index in [1.807, 2.05) is 74.5 Å². The van der Waals surface area contributed by atoms with Crippen LogP contribution in [0.2, 0.25) is 0 Å². The predicted molar refractivity (Wildman–Crippen MR) is 175 cm³/mol. The largest absolute Gasteiger partial charge is 0.496 e. The normalized spacial score (nSPS) is 21.3. The van der Waals surface area contributed by atoms with Crippen molar-refractivity contribution in [2.75, 3.05) is 7.11 Å². The number of ether oxygens (including phenoxy) is 1. The van der Waals surface area contributed by atoms with Gasteiger partial charge in [0.05, 0.1) is 13.2 Å². The summed E-state index contributed by atoms with van der Waals surface area (Å²) in [5.74, 6) is -1.03.